The molecule has 27 heavy (non-hydrogen) atoms. The van der Waals surface area contributed by atoms with Crippen molar-refractivity contribution < 1.29 is 13.6 Å². The number of hydrogen-bond acceptors (Lipinski definition) is 5. The molecule has 0 aliphatic carbocycles. The van der Waals surface area contributed by atoms with E-state index in [1.54, 1.807) is 42.5 Å². The summed E-state index contributed by atoms with van der Waals surface area (Å²) in [4.78, 5) is 17.9. The molecule has 0 bridgehead atoms. The summed E-state index contributed by atoms with van der Waals surface area (Å²) < 4.78 is 19.3. The molecule has 2 heterocycles. The molecule has 0 fully saturated rings. The Bertz CT molecular complexity index is 1060. The van der Waals surface area contributed by atoms with Gasteiger partial charge in [-0.15, -0.1) is 0 Å². The number of hydrogen-bond donors (Lipinski definition) is 1. The number of furan rings is 1. The number of halogens is 1. The molecule has 6 heteroatoms. The van der Waals surface area contributed by atoms with E-state index in [2.05, 4.69) is 10.3 Å². The van der Waals surface area contributed by atoms with E-state index < -0.39 is 0 Å². The topological polar surface area (TPSA) is 55.1 Å². The number of carbonyl (C=O) groups excluding carboxylic acids is 1. The van der Waals surface area contributed by atoms with Crippen LogP contribution in [0.5, 0.6) is 0 Å². The first-order chi connectivity index (χ1) is 13.2. The van der Waals surface area contributed by atoms with E-state index in [-0.39, 0.29) is 18.1 Å². The first-order valence-corrected chi connectivity index (χ1v) is 9.16. The summed E-state index contributed by atoms with van der Waals surface area (Å²) in [5.74, 6) is 0.108. The largest absolute Gasteiger partial charge is 0.463 e. The molecule has 0 amide bonds. The van der Waals surface area contributed by atoms with Crippen molar-refractivity contribution in [1.82, 2.24) is 4.98 Å². The maximum atomic E-state index is 13.8. The quantitative estimate of drug-likeness (QED) is 0.457. The molecular weight excluding hydrogens is 363 g/mol. The van der Waals surface area contributed by atoms with Gasteiger partial charge in [0.1, 0.15) is 16.4 Å². The van der Waals surface area contributed by atoms with Gasteiger partial charge >= 0.3 is 0 Å². The van der Waals surface area contributed by atoms with Gasteiger partial charge in [-0.2, -0.15) is 0 Å². The minimum atomic E-state index is -0.284. The van der Waals surface area contributed by atoms with Crippen LogP contribution >= 0.6 is 11.3 Å². The van der Waals surface area contributed by atoms with Gasteiger partial charge in [-0.05, 0) is 18.2 Å². The number of nitrogens with one attached hydrogen (secondary N) is 1. The van der Waals surface area contributed by atoms with Gasteiger partial charge in [0.05, 0.1) is 6.26 Å². The maximum Gasteiger partial charge on any atom is 0.205 e. The van der Waals surface area contributed by atoms with Crippen LogP contribution in [-0.2, 0) is 6.54 Å². The van der Waals surface area contributed by atoms with Crippen molar-refractivity contribution in [2.75, 3.05) is 5.32 Å². The molecule has 0 atom stereocenters. The third-order valence-corrected chi connectivity index (χ3v) is 5.02. The second-order valence-corrected chi connectivity index (χ2v) is 6.81. The van der Waals surface area contributed by atoms with E-state index >= 15 is 0 Å². The van der Waals surface area contributed by atoms with Crippen LogP contribution in [-0.4, -0.2) is 10.8 Å². The zero-order valence-electron chi connectivity index (χ0n) is 14.2. The number of rotatable bonds is 6. The highest BCUT2D eigenvalue weighted by molar-refractivity contribution is 7.18. The van der Waals surface area contributed by atoms with Crippen LogP contribution in [0.3, 0.4) is 0 Å². The SMILES string of the molecule is O=C(c1ccccc1)c1sc(NCc2ccccc2F)nc1-c1ccco1. The Kier molecular flexibility index (Phi) is 4.80. The lowest BCUT2D eigenvalue weighted by atomic mass is 10.1. The monoisotopic (exact) mass is 378 g/mol. The fraction of sp³-hybridized carbons (Fsp3) is 0.0476. The summed E-state index contributed by atoms with van der Waals surface area (Å²) in [5, 5.41) is 3.64. The van der Waals surface area contributed by atoms with Gasteiger partial charge in [-0.1, -0.05) is 59.9 Å². The minimum absolute atomic E-state index is 0.126. The van der Waals surface area contributed by atoms with Gasteiger partial charge in [0.15, 0.2) is 10.9 Å². The van der Waals surface area contributed by atoms with E-state index in [0.717, 1.165) is 0 Å². The average Bonchev–Trinajstić information content (AvgIpc) is 3.37. The van der Waals surface area contributed by atoms with Crippen LogP contribution < -0.4 is 5.32 Å². The van der Waals surface area contributed by atoms with E-state index in [1.165, 1.54) is 23.7 Å². The Morgan fingerprint density at radius 1 is 1.04 bits per heavy atom. The molecule has 0 spiro atoms. The maximum absolute atomic E-state index is 13.8. The Balaban J connectivity index is 1.66. The summed E-state index contributed by atoms with van der Waals surface area (Å²) in [6.45, 7) is 0.275. The Hall–Kier alpha value is -3.25. The van der Waals surface area contributed by atoms with Crippen LogP contribution in [0.2, 0.25) is 0 Å². The lowest BCUT2D eigenvalue weighted by Gasteiger charge is -2.03. The Morgan fingerprint density at radius 3 is 2.56 bits per heavy atom. The molecule has 0 radical (unpaired) electrons. The first-order valence-electron chi connectivity index (χ1n) is 8.34. The highest BCUT2D eigenvalue weighted by atomic mass is 32.1. The molecule has 4 nitrogen and oxygen atoms in total. The smallest absolute Gasteiger partial charge is 0.205 e. The molecular formula is C21H15FN2O2S. The molecule has 0 aliphatic rings. The number of carbonyl (C=O) groups is 1. The van der Waals surface area contributed by atoms with Crippen molar-refractivity contribution in [3.63, 3.8) is 0 Å². The molecule has 2 aromatic heterocycles. The fourth-order valence-corrected chi connectivity index (χ4v) is 3.59. The molecule has 0 saturated heterocycles. The summed E-state index contributed by atoms with van der Waals surface area (Å²) in [6, 6.07) is 19.1. The van der Waals surface area contributed by atoms with E-state index in [1.807, 2.05) is 18.2 Å². The van der Waals surface area contributed by atoms with Crippen LogP contribution in [0.1, 0.15) is 20.8 Å². The van der Waals surface area contributed by atoms with Crippen molar-refractivity contribution in [3.8, 4) is 11.5 Å². The zero-order valence-corrected chi connectivity index (χ0v) is 15.0. The van der Waals surface area contributed by atoms with E-state index in [9.17, 15) is 9.18 Å². The number of anilines is 1. The van der Waals surface area contributed by atoms with Crippen molar-refractivity contribution in [3.05, 3.63) is 94.8 Å². The molecule has 1 N–H and O–H groups in total. The van der Waals surface area contributed by atoms with Crippen LogP contribution in [0.25, 0.3) is 11.5 Å². The number of ketones is 1. The second-order valence-electron chi connectivity index (χ2n) is 5.81. The van der Waals surface area contributed by atoms with Crippen LogP contribution in [0, 0.1) is 5.82 Å². The molecule has 4 aromatic rings. The zero-order chi connectivity index (χ0) is 18.6. The summed E-state index contributed by atoms with van der Waals surface area (Å²) in [6.07, 6.45) is 1.54. The minimum Gasteiger partial charge on any atom is -0.463 e. The third kappa shape index (κ3) is 3.66. The molecule has 0 saturated carbocycles. The van der Waals surface area contributed by atoms with Crippen molar-refractivity contribution in [2.24, 2.45) is 0 Å². The summed E-state index contributed by atoms with van der Waals surface area (Å²) in [7, 11) is 0. The van der Waals surface area contributed by atoms with Crippen molar-refractivity contribution in [2.45, 2.75) is 6.54 Å². The normalized spacial score (nSPS) is 10.7. The van der Waals surface area contributed by atoms with Gasteiger partial charge < -0.3 is 9.73 Å². The molecule has 4 rings (SSSR count). The number of benzene rings is 2. The van der Waals surface area contributed by atoms with Gasteiger partial charge in [-0.3, -0.25) is 4.79 Å². The lowest BCUT2D eigenvalue weighted by Crippen LogP contribution is -2.01. The highest BCUT2D eigenvalue weighted by Crippen LogP contribution is 2.33. The fourth-order valence-electron chi connectivity index (χ4n) is 2.66. The van der Waals surface area contributed by atoms with Crippen molar-refractivity contribution >= 4 is 22.3 Å². The van der Waals surface area contributed by atoms with E-state index in [0.29, 0.717) is 32.6 Å². The van der Waals surface area contributed by atoms with Crippen LogP contribution in [0.4, 0.5) is 9.52 Å². The summed E-state index contributed by atoms with van der Waals surface area (Å²) >= 11 is 1.23. The highest BCUT2D eigenvalue weighted by Gasteiger charge is 2.22. The molecule has 134 valence electrons. The Morgan fingerprint density at radius 2 is 1.81 bits per heavy atom. The number of nitrogens with zero attached hydrogens (tertiary/aromatic N) is 1. The first kappa shape index (κ1) is 17.2. The van der Waals surface area contributed by atoms with Gasteiger partial charge in [-0.25, -0.2) is 9.37 Å². The van der Waals surface area contributed by atoms with Gasteiger partial charge in [0.25, 0.3) is 0 Å². The molecule has 0 unspecified atom stereocenters. The van der Waals surface area contributed by atoms with E-state index in [4.69, 9.17) is 4.42 Å². The predicted octanol–water partition coefficient (Wildman–Crippen LogP) is 5.39. The van der Waals surface area contributed by atoms with Gasteiger partial charge in [0, 0.05) is 17.7 Å². The third-order valence-electron chi connectivity index (χ3n) is 4.01. The number of aromatic nitrogens is 1. The van der Waals surface area contributed by atoms with Crippen molar-refractivity contribution in [1.29, 1.82) is 0 Å². The summed E-state index contributed by atoms with van der Waals surface area (Å²) in [5.41, 5.74) is 1.59. The second kappa shape index (κ2) is 7.55. The lowest BCUT2D eigenvalue weighted by molar-refractivity contribution is 0.104. The Labute approximate surface area is 159 Å². The van der Waals surface area contributed by atoms with Crippen LogP contribution in [0.15, 0.2) is 77.4 Å². The predicted molar refractivity (Wildman–Crippen MR) is 103 cm³/mol. The standard InChI is InChI=1S/C21H15FN2O2S/c22-16-10-5-4-9-15(16)13-23-21-24-18(17-11-6-12-26-17)20(27-21)19(25)14-7-2-1-3-8-14/h1-12H,13H2,(H,23,24). The molecule has 2 aromatic carbocycles. The van der Waals surface area contributed by atoms with Gasteiger partial charge in [0.2, 0.25) is 5.78 Å². The average molecular weight is 378 g/mol. The molecule has 0 aliphatic heterocycles. The number of thiazole rings is 1.